The van der Waals surface area contributed by atoms with Crippen LogP contribution in [0.2, 0.25) is 0 Å². The highest BCUT2D eigenvalue weighted by Crippen LogP contribution is 2.38. The van der Waals surface area contributed by atoms with Crippen LogP contribution in [0.5, 0.6) is 11.5 Å². The van der Waals surface area contributed by atoms with E-state index in [1.807, 2.05) is 40.0 Å². The van der Waals surface area contributed by atoms with Gasteiger partial charge in [-0.1, -0.05) is 0 Å². The van der Waals surface area contributed by atoms with Gasteiger partial charge in [-0.15, -0.1) is 10.2 Å². The Labute approximate surface area is 220 Å². The van der Waals surface area contributed by atoms with Crippen LogP contribution in [0.4, 0.5) is 13.6 Å². The SMILES string of the molecule is COCOc1cc(OC(F)F)cc(C)c1-c1cc2c(C)cn([C@@H]3CCCN(C(=O)OC(C)(C)C)C3)c2nn1. The van der Waals surface area contributed by atoms with E-state index in [0.717, 1.165) is 23.8 Å². The molecule has 0 bridgehead atoms. The van der Waals surface area contributed by atoms with Crippen molar-refractivity contribution in [2.45, 2.75) is 65.7 Å². The lowest BCUT2D eigenvalue weighted by Gasteiger charge is -2.34. The maximum Gasteiger partial charge on any atom is 0.410 e. The number of carbonyl (C=O) groups is 1. The van der Waals surface area contributed by atoms with E-state index in [1.165, 1.54) is 19.2 Å². The van der Waals surface area contributed by atoms with E-state index in [9.17, 15) is 13.6 Å². The van der Waals surface area contributed by atoms with E-state index >= 15 is 0 Å². The van der Waals surface area contributed by atoms with E-state index in [4.69, 9.17) is 14.2 Å². The van der Waals surface area contributed by atoms with Gasteiger partial charge in [0.25, 0.3) is 0 Å². The van der Waals surface area contributed by atoms with Gasteiger partial charge in [-0.2, -0.15) is 8.78 Å². The highest BCUT2D eigenvalue weighted by molar-refractivity contribution is 5.85. The van der Waals surface area contributed by atoms with Gasteiger partial charge in [0.2, 0.25) is 0 Å². The maximum absolute atomic E-state index is 12.8. The van der Waals surface area contributed by atoms with Gasteiger partial charge < -0.3 is 28.4 Å². The molecule has 1 saturated heterocycles. The number of benzene rings is 1. The van der Waals surface area contributed by atoms with Crippen LogP contribution in [-0.4, -0.2) is 65.0 Å². The molecule has 9 nitrogen and oxygen atoms in total. The summed E-state index contributed by atoms with van der Waals surface area (Å²) in [5.74, 6) is 0.282. The van der Waals surface area contributed by atoms with Crippen LogP contribution in [0.3, 0.4) is 0 Å². The standard InChI is InChI=1S/C27H34F2N4O5/c1-16-10-19(37-25(28)29)11-22(36-15-35-6)23(16)21-12-20-17(2)13-33(24(20)31-30-21)18-8-7-9-32(14-18)26(34)38-27(3,4)5/h10-13,18,25H,7-9,14-15H2,1-6H3/t18-/m1/s1. The Kier molecular flexibility index (Phi) is 8.05. The fourth-order valence-corrected chi connectivity index (χ4v) is 4.74. The summed E-state index contributed by atoms with van der Waals surface area (Å²) in [4.78, 5) is 14.4. The molecule has 4 rings (SSSR count). The third-order valence-corrected chi connectivity index (χ3v) is 6.30. The summed E-state index contributed by atoms with van der Waals surface area (Å²) in [6.07, 6.45) is 3.45. The summed E-state index contributed by atoms with van der Waals surface area (Å²) in [6.45, 7) is 7.46. The number of aromatic nitrogens is 3. The normalized spacial score (nSPS) is 16.2. The topological polar surface area (TPSA) is 87.9 Å². The second-order valence-corrected chi connectivity index (χ2v) is 10.5. The van der Waals surface area contributed by atoms with Crippen LogP contribution < -0.4 is 9.47 Å². The van der Waals surface area contributed by atoms with E-state index < -0.39 is 12.2 Å². The van der Waals surface area contributed by atoms with Crippen LogP contribution in [0.1, 0.15) is 50.8 Å². The molecule has 3 heterocycles. The minimum atomic E-state index is -2.96. The zero-order valence-corrected chi connectivity index (χ0v) is 22.6. The summed E-state index contributed by atoms with van der Waals surface area (Å²) >= 11 is 0. The average molecular weight is 533 g/mol. The summed E-state index contributed by atoms with van der Waals surface area (Å²) < 4.78 is 48.6. The largest absolute Gasteiger partial charge is 0.467 e. The van der Waals surface area contributed by atoms with Crippen molar-refractivity contribution in [3.63, 3.8) is 0 Å². The average Bonchev–Trinajstić information content (AvgIpc) is 3.17. The van der Waals surface area contributed by atoms with E-state index in [1.54, 1.807) is 11.8 Å². The van der Waals surface area contributed by atoms with Crippen LogP contribution in [0.25, 0.3) is 22.3 Å². The molecule has 3 aromatic rings. The number of likely N-dealkylation sites (tertiary alicyclic amines) is 1. The van der Waals surface area contributed by atoms with E-state index in [0.29, 0.717) is 41.3 Å². The number of hydrogen-bond donors (Lipinski definition) is 0. The van der Waals surface area contributed by atoms with Crippen LogP contribution in [0, 0.1) is 13.8 Å². The highest BCUT2D eigenvalue weighted by atomic mass is 19.3. The number of aryl methyl sites for hydroxylation is 2. The predicted molar refractivity (Wildman–Crippen MR) is 138 cm³/mol. The molecular formula is C27H34F2N4O5. The van der Waals surface area contributed by atoms with Crippen molar-refractivity contribution in [2.75, 3.05) is 27.0 Å². The highest BCUT2D eigenvalue weighted by Gasteiger charge is 2.29. The summed E-state index contributed by atoms with van der Waals surface area (Å²) in [5, 5.41) is 9.94. The first-order valence-electron chi connectivity index (χ1n) is 12.5. The number of carbonyl (C=O) groups excluding carboxylic acids is 1. The summed E-state index contributed by atoms with van der Waals surface area (Å²) in [6, 6.07) is 4.85. The van der Waals surface area contributed by atoms with Crippen molar-refractivity contribution < 1.29 is 32.5 Å². The zero-order chi connectivity index (χ0) is 27.6. The second-order valence-electron chi connectivity index (χ2n) is 10.5. The Morgan fingerprint density at radius 1 is 1.16 bits per heavy atom. The van der Waals surface area contributed by atoms with Crippen LogP contribution >= 0.6 is 0 Å². The van der Waals surface area contributed by atoms with Gasteiger partial charge in [-0.05, 0) is 70.7 Å². The molecule has 1 aliphatic heterocycles. The lowest BCUT2D eigenvalue weighted by Crippen LogP contribution is -2.43. The molecule has 0 unspecified atom stereocenters. The first kappa shape index (κ1) is 27.6. The molecule has 2 aromatic heterocycles. The quantitative estimate of drug-likeness (QED) is 0.352. The Morgan fingerprint density at radius 2 is 1.92 bits per heavy atom. The minimum Gasteiger partial charge on any atom is -0.467 e. The Balaban J connectivity index is 1.68. The number of rotatable bonds is 7. The molecule has 0 aliphatic carbocycles. The van der Waals surface area contributed by atoms with Gasteiger partial charge in [-0.25, -0.2) is 4.79 Å². The molecule has 1 atom stereocenters. The molecule has 1 aromatic carbocycles. The third kappa shape index (κ3) is 6.15. The molecular weight excluding hydrogens is 498 g/mol. The third-order valence-electron chi connectivity index (χ3n) is 6.30. The number of alkyl halides is 2. The molecule has 1 aliphatic rings. The number of amides is 1. The van der Waals surface area contributed by atoms with Crippen molar-refractivity contribution in [3.05, 3.63) is 35.5 Å². The zero-order valence-electron chi connectivity index (χ0n) is 22.6. The Bertz CT molecular complexity index is 1300. The lowest BCUT2D eigenvalue weighted by atomic mass is 10.0. The second kappa shape index (κ2) is 11.1. The first-order chi connectivity index (χ1) is 18.0. The summed E-state index contributed by atoms with van der Waals surface area (Å²) in [5.41, 5.74) is 2.93. The number of nitrogens with zero attached hydrogens (tertiary/aromatic N) is 4. The van der Waals surface area contributed by atoms with Gasteiger partial charge in [0, 0.05) is 43.4 Å². The number of hydrogen-bond acceptors (Lipinski definition) is 7. The maximum atomic E-state index is 12.8. The van der Waals surface area contributed by atoms with Gasteiger partial charge in [0.1, 0.15) is 17.1 Å². The van der Waals surface area contributed by atoms with E-state index in [-0.39, 0.29) is 24.7 Å². The van der Waals surface area contributed by atoms with Crippen molar-refractivity contribution in [2.24, 2.45) is 0 Å². The molecule has 0 saturated carbocycles. The molecule has 38 heavy (non-hydrogen) atoms. The van der Waals surface area contributed by atoms with E-state index in [2.05, 4.69) is 19.5 Å². The Morgan fingerprint density at radius 3 is 2.61 bits per heavy atom. The van der Waals surface area contributed by atoms with Gasteiger partial charge in [0.15, 0.2) is 12.4 Å². The lowest BCUT2D eigenvalue weighted by molar-refractivity contribution is -0.0500. The number of fused-ring (bicyclic) bond motifs is 1. The van der Waals surface area contributed by atoms with Crippen molar-refractivity contribution >= 4 is 17.1 Å². The Hall–Kier alpha value is -3.47. The molecule has 11 heteroatoms. The van der Waals surface area contributed by atoms with Crippen molar-refractivity contribution in [3.8, 4) is 22.8 Å². The number of methoxy groups -OCH3 is 1. The number of ether oxygens (including phenoxy) is 4. The molecule has 1 fully saturated rings. The molecule has 1 amide bonds. The van der Waals surface area contributed by atoms with Gasteiger partial charge in [0.05, 0.1) is 11.7 Å². The minimum absolute atomic E-state index is 0.0180. The van der Waals surface area contributed by atoms with Gasteiger partial charge in [-0.3, -0.25) is 0 Å². The first-order valence-corrected chi connectivity index (χ1v) is 12.5. The fraction of sp³-hybridized carbons (Fsp3) is 0.519. The predicted octanol–water partition coefficient (Wildman–Crippen LogP) is 5.87. The monoisotopic (exact) mass is 532 g/mol. The number of piperidine rings is 1. The summed E-state index contributed by atoms with van der Waals surface area (Å²) in [7, 11) is 1.47. The van der Waals surface area contributed by atoms with Crippen LogP contribution in [-0.2, 0) is 9.47 Å². The smallest absolute Gasteiger partial charge is 0.410 e. The number of halogens is 2. The van der Waals surface area contributed by atoms with Crippen molar-refractivity contribution in [1.82, 2.24) is 19.7 Å². The molecule has 0 spiro atoms. The van der Waals surface area contributed by atoms with Crippen LogP contribution in [0.15, 0.2) is 24.4 Å². The fourth-order valence-electron chi connectivity index (χ4n) is 4.74. The van der Waals surface area contributed by atoms with Gasteiger partial charge >= 0.3 is 12.7 Å². The van der Waals surface area contributed by atoms with Crippen molar-refractivity contribution in [1.29, 1.82) is 0 Å². The molecule has 206 valence electrons. The molecule has 0 radical (unpaired) electrons. The molecule has 0 N–H and O–H groups in total.